The molecule has 0 saturated heterocycles. The van der Waals surface area contributed by atoms with E-state index in [0.29, 0.717) is 6.42 Å². The summed E-state index contributed by atoms with van der Waals surface area (Å²) < 4.78 is 5.27. The Morgan fingerprint density at radius 3 is 2.55 bits per heavy atom. The summed E-state index contributed by atoms with van der Waals surface area (Å²) in [5.74, 6) is 0. The maximum Gasteiger partial charge on any atom is 0.0828 e. The first-order chi connectivity index (χ1) is 5.18. The molecular formula is C9H18O2. The number of rotatable bonds is 5. The topological polar surface area (TPSA) is 29.5 Å². The Hall–Kier alpha value is -0.340. The van der Waals surface area contributed by atoms with Crippen LogP contribution in [0.2, 0.25) is 0 Å². The highest BCUT2D eigenvalue weighted by atomic mass is 16.5. The van der Waals surface area contributed by atoms with E-state index in [1.165, 1.54) is 0 Å². The fourth-order valence-electron chi connectivity index (χ4n) is 0.737. The highest BCUT2D eigenvalue weighted by Gasteiger charge is 2.15. The lowest BCUT2D eigenvalue weighted by Crippen LogP contribution is -2.22. The van der Waals surface area contributed by atoms with Gasteiger partial charge in [0.1, 0.15) is 0 Å². The van der Waals surface area contributed by atoms with Crippen LogP contribution in [0.25, 0.3) is 0 Å². The minimum absolute atomic E-state index is 0.158. The molecule has 1 atom stereocenters. The third kappa shape index (κ3) is 4.17. The summed E-state index contributed by atoms with van der Waals surface area (Å²) in [5.41, 5.74) is -0.158. The minimum atomic E-state index is -0.158. The molecule has 0 aliphatic carbocycles. The molecule has 0 fully saturated rings. The van der Waals surface area contributed by atoms with Gasteiger partial charge in [0.15, 0.2) is 0 Å². The van der Waals surface area contributed by atoms with Crippen molar-refractivity contribution in [1.29, 1.82) is 0 Å². The van der Waals surface area contributed by atoms with Crippen LogP contribution in [0, 0.1) is 0 Å². The van der Waals surface area contributed by atoms with Gasteiger partial charge < -0.3 is 9.84 Å². The molecule has 0 heterocycles. The van der Waals surface area contributed by atoms with Crippen LogP contribution in [-0.4, -0.2) is 24.4 Å². The van der Waals surface area contributed by atoms with Crippen LogP contribution in [0.15, 0.2) is 12.2 Å². The van der Waals surface area contributed by atoms with E-state index >= 15 is 0 Å². The highest BCUT2D eigenvalue weighted by molar-refractivity contribution is 4.98. The Kier molecular flexibility index (Phi) is 5.16. The second-order valence-electron chi connectivity index (χ2n) is 2.78. The third-order valence-electron chi connectivity index (χ3n) is 1.93. The molecule has 0 rings (SSSR count). The van der Waals surface area contributed by atoms with E-state index in [0.717, 1.165) is 6.42 Å². The maximum atomic E-state index is 8.52. The minimum Gasteiger partial charge on any atom is -0.396 e. The third-order valence-corrected chi connectivity index (χ3v) is 1.93. The highest BCUT2D eigenvalue weighted by Crippen LogP contribution is 2.15. The molecular weight excluding hydrogens is 140 g/mol. The molecule has 0 saturated carbocycles. The van der Waals surface area contributed by atoms with Crippen molar-refractivity contribution in [1.82, 2.24) is 0 Å². The average Bonchev–Trinajstić information content (AvgIpc) is 2.05. The van der Waals surface area contributed by atoms with E-state index in [1.807, 2.05) is 19.1 Å². The number of hydrogen-bond acceptors (Lipinski definition) is 2. The number of methoxy groups -OCH3 is 1. The zero-order valence-corrected chi connectivity index (χ0v) is 7.63. The van der Waals surface area contributed by atoms with Gasteiger partial charge in [-0.15, -0.1) is 0 Å². The van der Waals surface area contributed by atoms with Crippen molar-refractivity contribution < 1.29 is 9.84 Å². The van der Waals surface area contributed by atoms with E-state index < -0.39 is 0 Å². The summed E-state index contributed by atoms with van der Waals surface area (Å²) in [4.78, 5) is 0. The molecule has 1 unspecified atom stereocenters. The fraction of sp³-hybridized carbons (Fsp3) is 0.778. The summed E-state index contributed by atoms with van der Waals surface area (Å²) in [7, 11) is 1.70. The first-order valence-corrected chi connectivity index (χ1v) is 4.02. The van der Waals surface area contributed by atoms with E-state index in [4.69, 9.17) is 9.84 Å². The molecule has 0 bridgehead atoms. The van der Waals surface area contributed by atoms with Crippen molar-refractivity contribution in [3.63, 3.8) is 0 Å². The van der Waals surface area contributed by atoms with Gasteiger partial charge in [-0.1, -0.05) is 19.1 Å². The Morgan fingerprint density at radius 1 is 1.55 bits per heavy atom. The van der Waals surface area contributed by atoms with Gasteiger partial charge in [-0.2, -0.15) is 0 Å². The lowest BCUT2D eigenvalue weighted by molar-refractivity contribution is 0.0453. The Morgan fingerprint density at radius 2 is 2.18 bits per heavy atom. The average molecular weight is 158 g/mol. The van der Waals surface area contributed by atoms with Crippen LogP contribution in [0.1, 0.15) is 26.7 Å². The standard InChI is InChI=1S/C9H18O2/c1-4-9(2,11-3)7-5-6-8-10/h5,7,10H,4,6,8H2,1-3H3. The van der Waals surface area contributed by atoms with Gasteiger partial charge >= 0.3 is 0 Å². The van der Waals surface area contributed by atoms with Crippen LogP contribution in [0.3, 0.4) is 0 Å². The first kappa shape index (κ1) is 10.7. The van der Waals surface area contributed by atoms with Gasteiger partial charge in [-0.3, -0.25) is 0 Å². The van der Waals surface area contributed by atoms with Crippen LogP contribution in [0.4, 0.5) is 0 Å². The van der Waals surface area contributed by atoms with Crippen LogP contribution >= 0.6 is 0 Å². The number of ether oxygens (including phenoxy) is 1. The lowest BCUT2D eigenvalue weighted by atomic mass is 10.0. The van der Waals surface area contributed by atoms with E-state index in [2.05, 4.69) is 6.92 Å². The van der Waals surface area contributed by atoms with E-state index in [-0.39, 0.29) is 12.2 Å². The van der Waals surface area contributed by atoms with Crippen molar-refractivity contribution >= 4 is 0 Å². The van der Waals surface area contributed by atoms with Crippen molar-refractivity contribution in [3.8, 4) is 0 Å². The van der Waals surface area contributed by atoms with Crippen molar-refractivity contribution in [2.75, 3.05) is 13.7 Å². The maximum absolute atomic E-state index is 8.52. The van der Waals surface area contributed by atoms with Crippen molar-refractivity contribution in [2.45, 2.75) is 32.3 Å². The van der Waals surface area contributed by atoms with Gasteiger partial charge in [0.2, 0.25) is 0 Å². The number of aliphatic hydroxyl groups is 1. The molecule has 0 aromatic rings. The molecule has 2 nitrogen and oxygen atoms in total. The molecule has 66 valence electrons. The first-order valence-electron chi connectivity index (χ1n) is 4.02. The molecule has 0 amide bonds. The smallest absolute Gasteiger partial charge is 0.0828 e. The van der Waals surface area contributed by atoms with Gasteiger partial charge in [0.25, 0.3) is 0 Å². The normalized spacial score (nSPS) is 17.1. The summed E-state index contributed by atoms with van der Waals surface area (Å²) in [6.45, 7) is 4.31. The predicted molar refractivity (Wildman–Crippen MR) is 46.5 cm³/mol. The van der Waals surface area contributed by atoms with Gasteiger partial charge in [-0.05, 0) is 19.8 Å². The molecule has 1 N–H and O–H groups in total. The zero-order chi connectivity index (χ0) is 8.74. The number of aliphatic hydroxyl groups excluding tert-OH is 1. The molecule has 0 aromatic heterocycles. The summed E-state index contributed by atoms with van der Waals surface area (Å²) >= 11 is 0. The van der Waals surface area contributed by atoms with E-state index in [1.54, 1.807) is 7.11 Å². The SMILES string of the molecule is CCC(C)(C=CCCO)OC. The Balaban J connectivity index is 3.85. The van der Waals surface area contributed by atoms with Crippen LogP contribution < -0.4 is 0 Å². The monoisotopic (exact) mass is 158 g/mol. The molecule has 0 radical (unpaired) electrons. The summed E-state index contributed by atoms with van der Waals surface area (Å²) in [6.07, 6.45) is 5.61. The molecule has 2 heteroatoms. The summed E-state index contributed by atoms with van der Waals surface area (Å²) in [6, 6.07) is 0. The quantitative estimate of drug-likeness (QED) is 0.617. The second-order valence-corrected chi connectivity index (χ2v) is 2.78. The van der Waals surface area contributed by atoms with E-state index in [9.17, 15) is 0 Å². The molecule has 0 aromatic carbocycles. The number of hydrogen-bond donors (Lipinski definition) is 1. The lowest BCUT2D eigenvalue weighted by Gasteiger charge is -2.21. The largest absolute Gasteiger partial charge is 0.396 e. The molecule has 0 aliphatic heterocycles. The predicted octanol–water partition coefficient (Wildman–Crippen LogP) is 1.74. The molecule has 11 heavy (non-hydrogen) atoms. The Labute approximate surface area is 68.9 Å². The molecule has 0 aliphatic rings. The van der Waals surface area contributed by atoms with Gasteiger partial charge in [0, 0.05) is 13.7 Å². The van der Waals surface area contributed by atoms with Crippen LogP contribution in [0.5, 0.6) is 0 Å². The Bertz CT molecular complexity index is 115. The fourth-order valence-corrected chi connectivity index (χ4v) is 0.737. The second kappa shape index (κ2) is 5.33. The van der Waals surface area contributed by atoms with Gasteiger partial charge in [0.05, 0.1) is 5.60 Å². The summed E-state index contributed by atoms with van der Waals surface area (Å²) in [5, 5.41) is 8.52. The van der Waals surface area contributed by atoms with Crippen molar-refractivity contribution in [2.24, 2.45) is 0 Å². The van der Waals surface area contributed by atoms with Crippen LogP contribution in [-0.2, 0) is 4.74 Å². The van der Waals surface area contributed by atoms with Crippen molar-refractivity contribution in [3.05, 3.63) is 12.2 Å². The zero-order valence-electron chi connectivity index (χ0n) is 7.63. The molecule has 0 spiro atoms. The van der Waals surface area contributed by atoms with Gasteiger partial charge in [-0.25, -0.2) is 0 Å².